The molecule has 1 aromatic heterocycles. The van der Waals surface area contributed by atoms with Gasteiger partial charge in [0, 0.05) is 24.8 Å². The summed E-state index contributed by atoms with van der Waals surface area (Å²) in [4.78, 5) is 22.4. The first-order valence-electron chi connectivity index (χ1n) is 10.3. The zero-order valence-electron chi connectivity index (χ0n) is 17.4. The molecule has 1 N–H and O–H groups in total. The van der Waals surface area contributed by atoms with Gasteiger partial charge in [0.25, 0.3) is 5.88 Å². The Balaban J connectivity index is 1.85. The SMILES string of the molecule is CCCCCCOc1nsnc1C1=CCC[N+](C)(COC(=O)CCCC(=O)O)C1. The zero-order chi connectivity index (χ0) is 21.1. The van der Waals surface area contributed by atoms with Gasteiger partial charge in [0.2, 0.25) is 6.73 Å². The number of quaternary nitrogens is 1. The molecule has 0 saturated carbocycles. The summed E-state index contributed by atoms with van der Waals surface area (Å²) in [6.45, 7) is 4.62. The quantitative estimate of drug-likeness (QED) is 0.293. The summed E-state index contributed by atoms with van der Waals surface area (Å²) < 4.78 is 20.6. The summed E-state index contributed by atoms with van der Waals surface area (Å²) >= 11 is 1.15. The van der Waals surface area contributed by atoms with Crippen molar-refractivity contribution < 1.29 is 28.7 Å². The molecule has 0 fully saturated rings. The number of esters is 1. The number of unbranched alkanes of at least 4 members (excludes halogenated alkanes) is 3. The Kier molecular flexibility index (Phi) is 9.53. The molecule has 0 aromatic carbocycles. The van der Waals surface area contributed by atoms with Crippen LogP contribution in [0.4, 0.5) is 0 Å². The van der Waals surface area contributed by atoms with Crippen LogP contribution in [-0.2, 0) is 14.3 Å². The number of aromatic nitrogens is 2. The molecule has 1 aliphatic rings. The van der Waals surface area contributed by atoms with Gasteiger partial charge in [0.15, 0.2) is 0 Å². The van der Waals surface area contributed by atoms with E-state index in [9.17, 15) is 9.59 Å². The Morgan fingerprint density at radius 1 is 1.21 bits per heavy atom. The molecule has 1 aromatic rings. The minimum absolute atomic E-state index is 0.0217. The van der Waals surface area contributed by atoms with Gasteiger partial charge in [-0.1, -0.05) is 32.3 Å². The van der Waals surface area contributed by atoms with Crippen molar-refractivity contribution in [3.05, 3.63) is 11.8 Å². The van der Waals surface area contributed by atoms with Crippen LogP contribution in [0.3, 0.4) is 0 Å². The van der Waals surface area contributed by atoms with Crippen molar-refractivity contribution in [1.82, 2.24) is 8.75 Å². The predicted octanol–water partition coefficient (Wildman–Crippen LogP) is 3.49. The zero-order valence-corrected chi connectivity index (χ0v) is 18.2. The molecular weight excluding hydrogens is 394 g/mol. The third-order valence-electron chi connectivity index (χ3n) is 4.92. The van der Waals surface area contributed by atoms with Crippen LogP contribution in [0.25, 0.3) is 5.57 Å². The number of carbonyl (C=O) groups is 2. The molecule has 2 heterocycles. The van der Waals surface area contributed by atoms with Crippen molar-refractivity contribution in [2.45, 2.75) is 58.3 Å². The molecule has 162 valence electrons. The normalized spacial score (nSPS) is 18.9. The van der Waals surface area contributed by atoms with E-state index >= 15 is 0 Å². The number of nitrogens with zero attached hydrogens (tertiary/aromatic N) is 3. The van der Waals surface area contributed by atoms with Crippen molar-refractivity contribution in [2.24, 2.45) is 0 Å². The highest BCUT2D eigenvalue weighted by Crippen LogP contribution is 2.30. The lowest BCUT2D eigenvalue weighted by atomic mass is 10.1. The van der Waals surface area contributed by atoms with Gasteiger partial charge in [-0.25, -0.2) is 0 Å². The Morgan fingerprint density at radius 3 is 2.79 bits per heavy atom. The van der Waals surface area contributed by atoms with Gasteiger partial charge in [0.05, 0.1) is 31.9 Å². The molecule has 9 heteroatoms. The lowest BCUT2D eigenvalue weighted by Crippen LogP contribution is -2.49. The average molecular weight is 427 g/mol. The van der Waals surface area contributed by atoms with Gasteiger partial charge in [-0.2, -0.15) is 4.37 Å². The standard InChI is InChI=1S/C20H31N3O5S/c1-3-4-5-6-13-27-20-19(21-29-22-20)16-9-8-12-23(2,14-16)15-28-18(26)11-7-10-17(24)25/h9H,3-8,10-15H2,1-2H3/p+1. The number of carboxylic acids is 1. The highest BCUT2D eigenvalue weighted by atomic mass is 32.1. The highest BCUT2D eigenvalue weighted by Gasteiger charge is 2.31. The fraction of sp³-hybridized carbons (Fsp3) is 0.700. The summed E-state index contributed by atoms with van der Waals surface area (Å²) in [5.74, 6) is -0.659. The van der Waals surface area contributed by atoms with Gasteiger partial charge in [-0.05, 0) is 12.8 Å². The fourth-order valence-electron chi connectivity index (χ4n) is 3.24. The number of carboxylic acid groups (broad SMARTS) is 1. The van der Waals surface area contributed by atoms with E-state index in [4.69, 9.17) is 14.6 Å². The fourth-order valence-corrected chi connectivity index (χ4v) is 3.77. The van der Waals surface area contributed by atoms with Crippen molar-refractivity contribution in [3.63, 3.8) is 0 Å². The number of rotatable bonds is 13. The molecule has 0 radical (unpaired) electrons. The van der Waals surface area contributed by atoms with Gasteiger partial charge in [0.1, 0.15) is 12.2 Å². The first-order valence-corrected chi connectivity index (χ1v) is 11.0. The van der Waals surface area contributed by atoms with Crippen LogP contribution in [0.2, 0.25) is 0 Å². The van der Waals surface area contributed by atoms with E-state index in [0.717, 1.165) is 48.8 Å². The summed E-state index contributed by atoms with van der Waals surface area (Å²) in [5.41, 5.74) is 1.86. The van der Waals surface area contributed by atoms with Crippen molar-refractivity contribution in [3.8, 4) is 5.88 Å². The Labute approximate surface area is 176 Å². The van der Waals surface area contributed by atoms with Crippen LogP contribution in [0, 0.1) is 0 Å². The Bertz CT molecular complexity index is 706. The number of carbonyl (C=O) groups excluding carboxylic acids is 1. The van der Waals surface area contributed by atoms with E-state index < -0.39 is 5.97 Å². The molecule has 0 saturated heterocycles. The van der Waals surface area contributed by atoms with Crippen LogP contribution in [-0.4, -0.2) is 63.8 Å². The maximum Gasteiger partial charge on any atom is 0.310 e. The number of aliphatic carboxylic acids is 1. The smallest absolute Gasteiger partial charge is 0.310 e. The molecule has 0 spiro atoms. The van der Waals surface area contributed by atoms with Crippen LogP contribution >= 0.6 is 11.7 Å². The monoisotopic (exact) mass is 426 g/mol. The van der Waals surface area contributed by atoms with E-state index in [2.05, 4.69) is 21.7 Å². The summed E-state index contributed by atoms with van der Waals surface area (Å²) in [6.07, 6.45) is 7.98. The summed E-state index contributed by atoms with van der Waals surface area (Å²) in [6, 6.07) is 0. The topological polar surface area (TPSA) is 98.6 Å². The van der Waals surface area contributed by atoms with Crippen LogP contribution in [0.15, 0.2) is 6.08 Å². The molecule has 0 aliphatic carbocycles. The van der Waals surface area contributed by atoms with E-state index in [-0.39, 0.29) is 25.5 Å². The minimum Gasteiger partial charge on any atom is -0.481 e. The predicted molar refractivity (Wildman–Crippen MR) is 111 cm³/mol. The lowest BCUT2D eigenvalue weighted by Gasteiger charge is -2.36. The molecule has 1 unspecified atom stereocenters. The molecule has 8 nitrogen and oxygen atoms in total. The third-order valence-corrected chi connectivity index (χ3v) is 5.43. The number of ether oxygens (including phenoxy) is 2. The second-order valence-corrected chi connectivity index (χ2v) is 8.27. The van der Waals surface area contributed by atoms with Crippen molar-refractivity contribution in [1.29, 1.82) is 0 Å². The van der Waals surface area contributed by atoms with E-state index in [1.807, 2.05) is 7.05 Å². The van der Waals surface area contributed by atoms with E-state index in [1.165, 1.54) is 12.8 Å². The minimum atomic E-state index is -0.900. The first-order chi connectivity index (χ1) is 13.9. The van der Waals surface area contributed by atoms with Gasteiger partial charge in [-0.15, -0.1) is 4.37 Å². The number of likely N-dealkylation sites (N-methyl/N-ethyl adjacent to an activating group) is 1. The molecular formula is C20H32N3O5S+. The van der Waals surface area contributed by atoms with E-state index in [1.54, 1.807) is 0 Å². The average Bonchev–Trinajstić information content (AvgIpc) is 3.15. The molecule has 0 bridgehead atoms. The Morgan fingerprint density at radius 2 is 2.03 bits per heavy atom. The van der Waals surface area contributed by atoms with Crippen LogP contribution < -0.4 is 4.74 Å². The molecule has 29 heavy (non-hydrogen) atoms. The second-order valence-electron chi connectivity index (χ2n) is 7.74. The number of hydrogen-bond acceptors (Lipinski definition) is 7. The molecule has 1 atom stereocenters. The van der Waals surface area contributed by atoms with Gasteiger partial charge >= 0.3 is 11.9 Å². The molecule has 0 amide bonds. The van der Waals surface area contributed by atoms with Crippen molar-refractivity contribution >= 4 is 29.2 Å². The summed E-state index contributed by atoms with van der Waals surface area (Å²) in [7, 11) is 2.04. The highest BCUT2D eigenvalue weighted by molar-refractivity contribution is 6.99. The van der Waals surface area contributed by atoms with Crippen LogP contribution in [0.1, 0.15) is 64.0 Å². The Hall–Kier alpha value is -2.00. The molecule has 2 rings (SSSR count). The maximum absolute atomic E-state index is 11.9. The first kappa shape index (κ1) is 23.3. The van der Waals surface area contributed by atoms with Crippen molar-refractivity contribution in [2.75, 3.05) is 33.5 Å². The second kappa shape index (κ2) is 11.9. The van der Waals surface area contributed by atoms with Crippen LogP contribution in [0.5, 0.6) is 5.88 Å². The maximum atomic E-state index is 11.9. The number of hydrogen-bond donors (Lipinski definition) is 1. The largest absolute Gasteiger partial charge is 0.481 e. The van der Waals surface area contributed by atoms with Gasteiger partial charge < -0.3 is 14.6 Å². The molecule has 1 aliphatic heterocycles. The lowest BCUT2D eigenvalue weighted by molar-refractivity contribution is -0.919. The summed E-state index contributed by atoms with van der Waals surface area (Å²) in [5, 5.41) is 8.65. The third kappa shape index (κ3) is 8.10. The van der Waals surface area contributed by atoms with E-state index in [0.29, 0.717) is 29.9 Å². The van der Waals surface area contributed by atoms with Gasteiger partial charge in [-0.3, -0.25) is 14.1 Å².